The Morgan fingerprint density at radius 1 is 1.10 bits per heavy atom. The molecule has 41 heavy (non-hydrogen) atoms. The van der Waals surface area contributed by atoms with Gasteiger partial charge < -0.3 is 29.4 Å². The third kappa shape index (κ3) is 8.54. The molecular formula is C30H38N6O5. The summed E-state index contributed by atoms with van der Waals surface area (Å²) in [5, 5.41) is 5.78. The lowest BCUT2D eigenvalue weighted by molar-refractivity contribution is -0.137. The highest BCUT2D eigenvalue weighted by atomic mass is 16.5. The number of ether oxygens (including phenoxy) is 1. The van der Waals surface area contributed by atoms with E-state index in [4.69, 9.17) is 4.74 Å². The molecule has 3 heterocycles. The summed E-state index contributed by atoms with van der Waals surface area (Å²) in [6.45, 7) is 5.44. The van der Waals surface area contributed by atoms with Crippen LogP contribution >= 0.6 is 0 Å². The number of hydrogen-bond donors (Lipinski definition) is 2. The zero-order valence-corrected chi connectivity index (χ0v) is 23.6. The number of nitrogens with one attached hydrogen (secondary N) is 2. The fourth-order valence-corrected chi connectivity index (χ4v) is 4.77. The highest BCUT2D eigenvalue weighted by Crippen LogP contribution is 2.23. The molecule has 1 aliphatic rings. The van der Waals surface area contributed by atoms with Crippen LogP contribution in [0.5, 0.6) is 5.75 Å². The molecule has 0 radical (unpaired) electrons. The summed E-state index contributed by atoms with van der Waals surface area (Å²) in [5.74, 6) is 0.642. The number of hydrogen-bond acceptors (Lipinski definition) is 6. The number of rotatable bonds is 5. The van der Waals surface area contributed by atoms with Gasteiger partial charge in [-0.3, -0.25) is 19.2 Å². The highest BCUT2D eigenvalue weighted by Gasteiger charge is 2.24. The quantitative estimate of drug-likeness (QED) is 0.490. The van der Waals surface area contributed by atoms with Crippen LogP contribution in [0.3, 0.4) is 0 Å². The van der Waals surface area contributed by atoms with E-state index in [9.17, 15) is 19.2 Å². The van der Waals surface area contributed by atoms with E-state index in [1.807, 2.05) is 48.9 Å². The maximum atomic E-state index is 13.2. The number of pyridine rings is 1. The van der Waals surface area contributed by atoms with Crippen molar-refractivity contribution in [1.82, 2.24) is 29.7 Å². The Morgan fingerprint density at radius 2 is 1.95 bits per heavy atom. The number of imidazole rings is 1. The van der Waals surface area contributed by atoms with Crippen molar-refractivity contribution in [3.63, 3.8) is 0 Å². The van der Waals surface area contributed by atoms with Crippen LogP contribution in [-0.4, -0.2) is 69.0 Å². The topological polar surface area (TPSA) is 128 Å². The second-order valence-corrected chi connectivity index (χ2v) is 10.5. The molecule has 4 rings (SSSR count). The molecule has 1 aliphatic heterocycles. The van der Waals surface area contributed by atoms with Crippen molar-refractivity contribution in [2.45, 2.75) is 52.2 Å². The lowest BCUT2D eigenvalue weighted by atomic mass is 10.0. The first-order chi connectivity index (χ1) is 19.8. The second kappa shape index (κ2) is 14.3. The fourth-order valence-electron chi connectivity index (χ4n) is 4.77. The average Bonchev–Trinajstić information content (AvgIpc) is 3.41. The molecule has 0 saturated heterocycles. The van der Waals surface area contributed by atoms with Gasteiger partial charge in [0.2, 0.25) is 17.7 Å². The maximum Gasteiger partial charge on any atom is 0.250 e. The van der Waals surface area contributed by atoms with Crippen LogP contribution in [0.15, 0.2) is 65.8 Å². The number of nitrogens with zero attached hydrogens (tertiary/aromatic N) is 4. The Kier molecular flexibility index (Phi) is 10.3. The van der Waals surface area contributed by atoms with Gasteiger partial charge in [-0.25, -0.2) is 4.98 Å². The van der Waals surface area contributed by atoms with Gasteiger partial charge in [0.1, 0.15) is 17.6 Å². The maximum absolute atomic E-state index is 13.2. The molecule has 0 aliphatic carbocycles. The van der Waals surface area contributed by atoms with E-state index < -0.39 is 11.9 Å². The van der Waals surface area contributed by atoms with Crippen molar-refractivity contribution in [2.24, 2.45) is 5.92 Å². The van der Waals surface area contributed by atoms with Crippen LogP contribution in [-0.2, 0) is 27.5 Å². The van der Waals surface area contributed by atoms with E-state index in [0.717, 1.165) is 11.4 Å². The Hall–Kier alpha value is -4.41. The third-order valence-electron chi connectivity index (χ3n) is 6.81. The van der Waals surface area contributed by atoms with Crippen LogP contribution in [0.1, 0.15) is 33.1 Å². The average molecular weight is 563 g/mol. The van der Waals surface area contributed by atoms with Crippen molar-refractivity contribution in [2.75, 3.05) is 26.2 Å². The first-order valence-electron chi connectivity index (χ1n) is 14.0. The Morgan fingerprint density at radius 3 is 2.76 bits per heavy atom. The van der Waals surface area contributed by atoms with Crippen molar-refractivity contribution in [1.29, 1.82) is 0 Å². The second-order valence-electron chi connectivity index (χ2n) is 10.5. The highest BCUT2D eigenvalue weighted by molar-refractivity contribution is 5.90. The third-order valence-corrected chi connectivity index (χ3v) is 6.81. The van der Waals surface area contributed by atoms with Gasteiger partial charge in [0, 0.05) is 62.8 Å². The SMILES string of the molecule is CC(C)C[C@H]1NC(=O)CN(C(=O)CCn2ccccc2=O)CCCOc2cccc(c2)-c2nccn2CCNC1=O. The number of fused-ring (bicyclic) bond motifs is 4. The lowest BCUT2D eigenvalue weighted by Crippen LogP contribution is -2.51. The summed E-state index contributed by atoms with van der Waals surface area (Å²) in [5.41, 5.74) is 0.691. The molecule has 2 bridgehead atoms. The molecule has 0 saturated carbocycles. The minimum Gasteiger partial charge on any atom is -0.494 e. The zero-order chi connectivity index (χ0) is 29.2. The molecule has 11 heteroatoms. The van der Waals surface area contributed by atoms with Gasteiger partial charge >= 0.3 is 0 Å². The Labute approximate surface area is 239 Å². The molecule has 1 aromatic carbocycles. The summed E-state index contributed by atoms with van der Waals surface area (Å²) in [6.07, 6.45) is 6.21. The van der Waals surface area contributed by atoms with Crippen molar-refractivity contribution < 1.29 is 19.1 Å². The Balaban J connectivity index is 1.53. The molecule has 3 aromatic rings. The molecule has 2 aromatic heterocycles. The standard InChI is InChI=1S/C30H38N6O5/c1-22(2)19-25-30(40)32-12-17-35-16-11-31-29(35)23-7-5-8-24(20-23)41-18-6-14-36(21-26(37)33-25)28(39)10-15-34-13-4-3-9-27(34)38/h3-5,7-9,11,13,16,20,22,25H,6,10,12,14-15,17-19,21H2,1-2H3,(H,32,40)(H,33,37)/t25-/m1/s1. The Bertz CT molecular complexity index is 1400. The van der Waals surface area contributed by atoms with E-state index in [0.29, 0.717) is 38.3 Å². The smallest absolute Gasteiger partial charge is 0.250 e. The van der Waals surface area contributed by atoms with Crippen LogP contribution in [0.2, 0.25) is 0 Å². The van der Waals surface area contributed by atoms with Crippen LogP contribution in [0.4, 0.5) is 0 Å². The number of benzene rings is 1. The van der Waals surface area contributed by atoms with Crippen molar-refractivity contribution in [3.8, 4) is 17.1 Å². The van der Waals surface area contributed by atoms with Crippen LogP contribution < -0.4 is 20.9 Å². The van der Waals surface area contributed by atoms with E-state index >= 15 is 0 Å². The number of aromatic nitrogens is 3. The van der Waals surface area contributed by atoms with E-state index in [-0.39, 0.29) is 49.3 Å². The van der Waals surface area contributed by atoms with Gasteiger partial charge in [0.15, 0.2) is 0 Å². The summed E-state index contributed by atoms with van der Waals surface area (Å²) in [4.78, 5) is 57.5. The molecule has 11 nitrogen and oxygen atoms in total. The van der Waals surface area contributed by atoms with Gasteiger partial charge in [-0.2, -0.15) is 0 Å². The summed E-state index contributed by atoms with van der Waals surface area (Å²) >= 11 is 0. The first kappa shape index (κ1) is 29.6. The normalized spacial score (nSPS) is 17.0. The minimum absolute atomic E-state index is 0.0582. The van der Waals surface area contributed by atoms with E-state index in [1.54, 1.807) is 24.5 Å². The molecular weight excluding hydrogens is 524 g/mol. The molecule has 1 atom stereocenters. The van der Waals surface area contributed by atoms with Crippen LogP contribution in [0, 0.1) is 5.92 Å². The molecule has 0 unspecified atom stereocenters. The zero-order valence-electron chi connectivity index (χ0n) is 23.6. The first-order valence-corrected chi connectivity index (χ1v) is 14.0. The van der Waals surface area contributed by atoms with Gasteiger partial charge in [0.05, 0.1) is 13.2 Å². The summed E-state index contributed by atoms with van der Waals surface area (Å²) in [6, 6.07) is 11.7. The fraction of sp³-hybridized carbons (Fsp3) is 0.433. The predicted octanol–water partition coefficient (Wildman–Crippen LogP) is 2.06. The van der Waals surface area contributed by atoms with Gasteiger partial charge in [-0.05, 0) is 37.0 Å². The monoisotopic (exact) mass is 562 g/mol. The van der Waals surface area contributed by atoms with Gasteiger partial charge in [0.25, 0.3) is 5.56 Å². The number of aryl methyl sites for hydroxylation is 1. The molecule has 0 spiro atoms. The predicted molar refractivity (Wildman–Crippen MR) is 154 cm³/mol. The molecule has 218 valence electrons. The molecule has 2 N–H and O–H groups in total. The molecule has 3 amide bonds. The summed E-state index contributed by atoms with van der Waals surface area (Å²) < 4.78 is 9.41. The summed E-state index contributed by atoms with van der Waals surface area (Å²) in [7, 11) is 0. The van der Waals surface area contributed by atoms with Gasteiger partial charge in [-0.1, -0.05) is 32.0 Å². The van der Waals surface area contributed by atoms with Gasteiger partial charge in [-0.15, -0.1) is 0 Å². The molecule has 0 fully saturated rings. The largest absolute Gasteiger partial charge is 0.494 e. The van der Waals surface area contributed by atoms with E-state index in [1.165, 1.54) is 15.5 Å². The van der Waals surface area contributed by atoms with Crippen LogP contribution in [0.25, 0.3) is 11.4 Å². The number of carbonyl (C=O) groups excluding carboxylic acids is 3. The van der Waals surface area contributed by atoms with Crippen molar-refractivity contribution >= 4 is 17.7 Å². The number of carbonyl (C=O) groups is 3. The lowest BCUT2D eigenvalue weighted by Gasteiger charge is -2.25. The van der Waals surface area contributed by atoms with E-state index in [2.05, 4.69) is 15.6 Å². The minimum atomic E-state index is -0.733. The van der Waals surface area contributed by atoms with Crippen molar-refractivity contribution in [3.05, 3.63) is 71.4 Å². The number of amides is 3.